The van der Waals surface area contributed by atoms with E-state index in [-0.39, 0.29) is 34.5 Å². The van der Waals surface area contributed by atoms with Gasteiger partial charge in [-0.2, -0.15) is 0 Å². The quantitative estimate of drug-likeness (QED) is 0.457. The number of nitro groups is 1. The van der Waals surface area contributed by atoms with Gasteiger partial charge >= 0.3 is 0 Å². The number of nitro benzene ring substituents is 1. The number of carbonyl (C=O) groups is 1. The summed E-state index contributed by atoms with van der Waals surface area (Å²) in [6.45, 7) is 2.81. The predicted octanol–water partition coefficient (Wildman–Crippen LogP) is 1.67. The minimum atomic E-state index is -4.15. The summed E-state index contributed by atoms with van der Waals surface area (Å²) in [5, 5.41) is 13.8. The van der Waals surface area contributed by atoms with Crippen LogP contribution in [0.15, 0.2) is 47.4 Å². The van der Waals surface area contributed by atoms with Crippen molar-refractivity contribution >= 4 is 33.0 Å². The molecule has 0 unspecified atom stereocenters. The lowest BCUT2D eigenvalue weighted by Gasteiger charge is -2.25. The maximum absolute atomic E-state index is 12.7. The highest BCUT2D eigenvalue weighted by molar-refractivity contribution is 7.92. The minimum Gasteiger partial charge on any atom is -0.495 e. The standard InChI is InChI=1S/C19H22N4O7S/c1-29-17-7-6-16(23(25)26)12-18(17)31(27,28)21-15-4-2-14(3-5-15)20-19(24)13-22-8-10-30-11-9-22/h2-7,12,21H,8-11,13H2,1H3,(H,20,24). The van der Waals surface area contributed by atoms with Crippen LogP contribution in [0, 0.1) is 10.1 Å². The maximum atomic E-state index is 12.7. The Balaban J connectivity index is 1.68. The Bertz CT molecular complexity index is 1050. The van der Waals surface area contributed by atoms with Gasteiger partial charge in [-0.05, 0) is 30.3 Å². The molecule has 0 aliphatic carbocycles. The Morgan fingerprint density at radius 3 is 2.42 bits per heavy atom. The van der Waals surface area contributed by atoms with E-state index in [2.05, 4.69) is 10.0 Å². The fourth-order valence-electron chi connectivity index (χ4n) is 2.98. The van der Waals surface area contributed by atoms with E-state index in [1.165, 1.54) is 25.3 Å². The van der Waals surface area contributed by atoms with Gasteiger partial charge in [-0.25, -0.2) is 8.42 Å². The molecule has 0 aromatic heterocycles. The minimum absolute atomic E-state index is 0.0231. The molecule has 0 bridgehead atoms. The molecular formula is C19H22N4O7S. The lowest BCUT2D eigenvalue weighted by Crippen LogP contribution is -2.41. The van der Waals surface area contributed by atoms with Gasteiger partial charge in [-0.3, -0.25) is 24.5 Å². The number of amides is 1. The Labute approximate surface area is 179 Å². The maximum Gasteiger partial charge on any atom is 0.271 e. The molecule has 11 nitrogen and oxygen atoms in total. The van der Waals surface area contributed by atoms with Crippen LogP contribution in [0.3, 0.4) is 0 Å². The van der Waals surface area contributed by atoms with Crippen molar-refractivity contribution in [3.63, 3.8) is 0 Å². The first-order chi connectivity index (χ1) is 14.8. The van der Waals surface area contributed by atoms with Crippen molar-refractivity contribution in [1.29, 1.82) is 0 Å². The third kappa shape index (κ3) is 5.90. The number of carbonyl (C=O) groups excluding carboxylic acids is 1. The first-order valence-electron chi connectivity index (χ1n) is 9.34. The zero-order valence-electron chi connectivity index (χ0n) is 16.7. The number of nitrogens with zero attached hydrogens (tertiary/aromatic N) is 2. The molecule has 0 spiro atoms. The summed E-state index contributed by atoms with van der Waals surface area (Å²) in [5.74, 6) is -0.207. The van der Waals surface area contributed by atoms with Gasteiger partial charge in [0, 0.05) is 36.6 Å². The van der Waals surface area contributed by atoms with E-state index in [9.17, 15) is 23.3 Å². The Morgan fingerprint density at radius 1 is 1.16 bits per heavy atom. The summed E-state index contributed by atoms with van der Waals surface area (Å²) in [6.07, 6.45) is 0. The van der Waals surface area contributed by atoms with Crippen LogP contribution in [-0.2, 0) is 19.6 Å². The number of methoxy groups -OCH3 is 1. The van der Waals surface area contributed by atoms with E-state index in [0.29, 0.717) is 32.0 Å². The molecule has 166 valence electrons. The zero-order chi connectivity index (χ0) is 22.4. The highest BCUT2D eigenvalue weighted by Gasteiger charge is 2.23. The molecule has 1 heterocycles. The molecule has 1 aliphatic rings. The highest BCUT2D eigenvalue weighted by Crippen LogP contribution is 2.30. The van der Waals surface area contributed by atoms with Gasteiger partial charge in [-0.15, -0.1) is 0 Å². The van der Waals surface area contributed by atoms with Gasteiger partial charge < -0.3 is 14.8 Å². The van der Waals surface area contributed by atoms with E-state index in [1.54, 1.807) is 12.1 Å². The lowest BCUT2D eigenvalue weighted by molar-refractivity contribution is -0.385. The fraction of sp³-hybridized carbons (Fsp3) is 0.316. The third-order valence-electron chi connectivity index (χ3n) is 4.54. The number of benzene rings is 2. The summed E-state index contributed by atoms with van der Waals surface area (Å²) >= 11 is 0. The number of sulfonamides is 1. The average molecular weight is 450 g/mol. The second kappa shape index (κ2) is 9.73. The molecule has 2 aromatic carbocycles. The van der Waals surface area contributed by atoms with Crippen LogP contribution in [0.2, 0.25) is 0 Å². The van der Waals surface area contributed by atoms with Crippen LogP contribution in [-0.4, -0.2) is 64.1 Å². The lowest BCUT2D eigenvalue weighted by atomic mass is 10.3. The molecule has 1 amide bonds. The molecule has 2 N–H and O–H groups in total. The molecule has 0 radical (unpaired) electrons. The number of morpholine rings is 1. The second-order valence-electron chi connectivity index (χ2n) is 6.71. The van der Waals surface area contributed by atoms with Gasteiger partial charge in [0.25, 0.3) is 15.7 Å². The molecular weight excluding hydrogens is 428 g/mol. The van der Waals surface area contributed by atoms with E-state index in [1.807, 2.05) is 4.90 Å². The van der Waals surface area contributed by atoms with E-state index in [4.69, 9.17) is 9.47 Å². The van der Waals surface area contributed by atoms with Gasteiger partial charge in [0.2, 0.25) is 5.91 Å². The van der Waals surface area contributed by atoms with Crippen LogP contribution in [0.1, 0.15) is 0 Å². The van der Waals surface area contributed by atoms with Crippen molar-refractivity contribution in [3.8, 4) is 5.75 Å². The number of ether oxygens (including phenoxy) is 2. The number of hydrogen-bond donors (Lipinski definition) is 2. The smallest absolute Gasteiger partial charge is 0.271 e. The van der Waals surface area contributed by atoms with Crippen LogP contribution in [0.5, 0.6) is 5.75 Å². The van der Waals surface area contributed by atoms with Crippen molar-refractivity contribution in [2.24, 2.45) is 0 Å². The summed E-state index contributed by atoms with van der Waals surface area (Å²) in [7, 11) is -2.88. The molecule has 1 saturated heterocycles. The van der Waals surface area contributed by atoms with Crippen molar-refractivity contribution in [3.05, 3.63) is 52.6 Å². The molecule has 12 heteroatoms. The van der Waals surface area contributed by atoms with Crippen LogP contribution >= 0.6 is 0 Å². The van der Waals surface area contributed by atoms with Crippen LogP contribution in [0.4, 0.5) is 17.1 Å². The SMILES string of the molecule is COc1ccc([N+](=O)[O-])cc1S(=O)(=O)Nc1ccc(NC(=O)CN2CCOCC2)cc1. The second-order valence-corrected chi connectivity index (χ2v) is 8.36. The van der Waals surface area contributed by atoms with Crippen LogP contribution < -0.4 is 14.8 Å². The molecule has 1 fully saturated rings. The first-order valence-corrected chi connectivity index (χ1v) is 10.8. The Morgan fingerprint density at radius 2 is 1.81 bits per heavy atom. The zero-order valence-corrected chi connectivity index (χ0v) is 17.6. The predicted molar refractivity (Wildman–Crippen MR) is 113 cm³/mol. The van der Waals surface area contributed by atoms with Gasteiger partial charge in [0.15, 0.2) is 0 Å². The number of anilines is 2. The van der Waals surface area contributed by atoms with Crippen LogP contribution in [0.25, 0.3) is 0 Å². The molecule has 3 rings (SSSR count). The van der Waals surface area contributed by atoms with Gasteiger partial charge in [0.05, 0.1) is 31.8 Å². The summed E-state index contributed by atoms with van der Waals surface area (Å²) in [4.78, 5) is 24.1. The largest absolute Gasteiger partial charge is 0.495 e. The number of non-ortho nitro benzene ring substituents is 1. The van der Waals surface area contributed by atoms with Gasteiger partial charge in [0.1, 0.15) is 10.6 Å². The van der Waals surface area contributed by atoms with E-state index in [0.717, 1.165) is 12.1 Å². The Kier molecular flexibility index (Phi) is 7.05. The van der Waals surface area contributed by atoms with Crippen molar-refractivity contribution < 1.29 is 27.6 Å². The fourth-order valence-corrected chi connectivity index (χ4v) is 4.23. The van der Waals surface area contributed by atoms with E-state index < -0.39 is 14.9 Å². The van der Waals surface area contributed by atoms with Crippen molar-refractivity contribution in [2.45, 2.75) is 4.90 Å². The van der Waals surface area contributed by atoms with Gasteiger partial charge in [-0.1, -0.05) is 0 Å². The normalized spacial score (nSPS) is 14.6. The van der Waals surface area contributed by atoms with Crippen molar-refractivity contribution in [2.75, 3.05) is 50.0 Å². The number of rotatable bonds is 8. The molecule has 31 heavy (non-hydrogen) atoms. The number of nitrogens with one attached hydrogen (secondary N) is 2. The topological polar surface area (TPSA) is 140 Å². The average Bonchev–Trinajstić information content (AvgIpc) is 2.75. The summed E-state index contributed by atoms with van der Waals surface area (Å²) < 4.78 is 38.1. The highest BCUT2D eigenvalue weighted by atomic mass is 32.2. The Hall–Kier alpha value is -3.22. The first kappa shape index (κ1) is 22.5. The summed E-state index contributed by atoms with van der Waals surface area (Å²) in [6, 6.07) is 9.38. The molecule has 0 atom stereocenters. The summed E-state index contributed by atoms with van der Waals surface area (Å²) in [5.41, 5.74) is 0.355. The molecule has 2 aromatic rings. The monoisotopic (exact) mass is 450 g/mol. The van der Waals surface area contributed by atoms with Crippen molar-refractivity contribution in [1.82, 2.24) is 4.90 Å². The molecule has 0 saturated carbocycles. The van der Waals surface area contributed by atoms with E-state index >= 15 is 0 Å². The molecule has 1 aliphatic heterocycles. The number of hydrogen-bond acceptors (Lipinski definition) is 8. The third-order valence-corrected chi connectivity index (χ3v) is 5.94.